The lowest BCUT2D eigenvalue weighted by Crippen LogP contribution is -2.60. The molecular weight excluding hydrogens is 400 g/mol. The fourth-order valence-electron chi connectivity index (χ4n) is 3.03. The summed E-state index contributed by atoms with van der Waals surface area (Å²) in [6, 6.07) is 0. The highest BCUT2D eigenvalue weighted by atomic mass is 16.7. The highest BCUT2D eigenvalue weighted by molar-refractivity contribution is 5.68. The van der Waals surface area contributed by atoms with Crippen LogP contribution in [0.4, 0.5) is 0 Å². The third-order valence-corrected chi connectivity index (χ3v) is 4.68. The third-order valence-electron chi connectivity index (χ3n) is 4.68. The van der Waals surface area contributed by atoms with Crippen LogP contribution in [-0.4, -0.2) is 130 Å². The minimum absolute atomic E-state index is 0.170. The van der Waals surface area contributed by atoms with Gasteiger partial charge in [-0.15, -0.1) is 0 Å². The number of aliphatic hydroxyl groups excluding tert-OH is 6. The first-order chi connectivity index (χ1) is 13.7. The Labute approximate surface area is 165 Å². The predicted octanol–water partition coefficient (Wildman–Crippen LogP) is -4.24. The first-order valence-corrected chi connectivity index (χ1v) is 9.06. The molecule has 0 spiro atoms. The quantitative estimate of drug-likeness (QED) is 0.174. The molecule has 2 fully saturated rings. The van der Waals surface area contributed by atoms with Crippen LogP contribution in [0.1, 0.15) is 6.92 Å². The second-order valence-electron chi connectivity index (χ2n) is 6.80. The molecule has 2 rings (SSSR count). The fraction of sp³-hybridized carbons (Fsp3) is 0.938. The van der Waals surface area contributed by atoms with Gasteiger partial charge in [-0.1, -0.05) is 0 Å². The van der Waals surface area contributed by atoms with E-state index in [0.717, 1.165) is 0 Å². The van der Waals surface area contributed by atoms with E-state index in [1.165, 1.54) is 6.92 Å². The zero-order valence-corrected chi connectivity index (χ0v) is 15.7. The van der Waals surface area contributed by atoms with Crippen molar-refractivity contribution in [3.63, 3.8) is 0 Å². The number of rotatable bonds is 9. The Morgan fingerprint density at radius 2 is 1.41 bits per heavy atom. The van der Waals surface area contributed by atoms with E-state index in [9.17, 15) is 35.4 Å². The molecule has 13 heteroatoms. The Bertz CT molecular complexity index is 519. The maximum absolute atomic E-state index is 10.7. The summed E-state index contributed by atoms with van der Waals surface area (Å²) < 4.78 is 26.1. The van der Waals surface area contributed by atoms with Gasteiger partial charge in [0.05, 0.1) is 25.9 Å². The number of carbonyl (C=O) groups is 1. The minimum atomic E-state index is -1.55. The van der Waals surface area contributed by atoms with Crippen molar-refractivity contribution >= 4 is 5.97 Å². The summed E-state index contributed by atoms with van der Waals surface area (Å²) >= 11 is 0. The molecule has 10 atom stereocenters. The van der Waals surface area contributed by atoms with E-state index in [1.54, 1.807) is 0 Å². The van der Waals surface area contributed by atoms with Crippen molar-refractivity contribution in [1.29, 1.82) is 0 Å². The Balaban J connectivity index is 1.84. The predicted molar refractivity (Wildman–Crippen MR) is 89.4 cm³/mol. The summed E-state index contributed by atoms with van der Waals surface area (Å²) in [7, 11) is 0. The maximum atomic E-state index is 10.7. The molecule has 0 aromatic carbocycles. The largest absolute Gasteiger partial charge is 0.480 e. The number of carboxylic acids is 1. The van der Waals surface area contributed by atoms with Gasteiger partial charge in [0.25, 0.3) is 0 Å². The lowest BCUT2D eigenvalue weighted by Gasteiger charge is -2.41. The van der Waals surface area contributed by atoms with Crippen molar-refractivity contribution in [3.05, 3.63) is 0 Å². The molecule has 0 saturated carbocycles. The van der Waals surface area contributed by atoms with Gasteiger partial charge in [0.1, 0.15) is 49.3 Å². The molecule has 0 aromatic heterocycles. The number of aliphatic hydroxyl groups is 6. The molecule has 2 saturated heterocycles. The van der Waals surface area contributed by atoms with Gasteiger partial charge in [0.15, 0.2) is 12.6 Å². The van der Waals surface area contributed by atoms with Crippen LogP contribution >= 0.6 is 0 Å². The topological polar surface area (TPSA) is 205 Å². The van der Waals surface area contributed by atoms with Crippen LogP contribution in [0, 0.1) is 0 Å². The van der Waals surface area contributed by atoms with Crippen molar-refractivity contribution < 1.29 is 64.2 Å². The lowest BCUT2D eigenvalue weighted by atomic mass is 9.99. The van der Waals surface area contributed by atoms with E-state index < -0.39 is 80.6 Å². The first kappa shape index (κ1) is 24.3. The van der Waals surface area contributed by atoms with E-state index in [2.05, 4.69) is 0 Å². The van der Waals surface area contributed by atoms with Gasteiger partial charge in [-0.05, 0) is 6.92 Å². The highest BCUT2D eigenvalue weighted by Crippen LogP contribution is 2.25. The Morgan fingerprint density at radius 1 is 0.828 bits per heavy atom. The standard InChI is InChI=1S/C16H28O13/c1-6-9(20)11(22)12(23)15(28-6)25-2-3-26-16-13(24)14(27-5-8(18)19)10(21)7(4-17)29-16/h6-7,9-17,20-24H,2-5H2,1H3,(H,18,19)/t6-,7+,9+,10-,11+,12-,13+,14-,15+,16+/m0/s1. The van der Waals surface area contributed by atoms with Crippen LogP contribution in [0.2, 0.25) is 0 Å². The van der Waals surface area contributed by atoms with Crippen LogP contribution in [0.3, 0.4) is 0 Å². The molecule has 13 nitrogen and oxygen atoms in total. The Kier molecular flexibility index (Phi) is 9.12. The SMILES string of the molecule is C[C@@H]1O[C@@H](OCCO[C@@H]2O[C@H](CO)[C@H](O)[C@H](OCC(=O)O)[C@H]2O)[C@@H](O)[C@H](O)[C@@H]1O. The van der Waals surface area contributed by atoms with Gasteiger partial charge in [-0.2, -0.15) is 0 Å². The summed E-state index contributed by atoms with van der Waals surface area (Å²) in [4.78, 5) is 10.7. The number of aliphatic carboxylic acids is 1. The van der Waals surface area contributed by atoms with Gasteiger partial charge >= 0.3 is 5.97 Å². The summed E-state index contributed by atoms with van der Waals surface area (Å²) in [5.41, 5.74) is 0. The van der Waals surface area contributed by atoms with Crippen molar-refractivity contribution in [2.24, 2.45) is 0 Å². The first-order valence-electron chi connectivity index (χ1n) is 9.06. The molecule has 29 heavy (non-hydrogen) atoms. The number of hydrogen-bond donors (Lipinski definition) is 7. The Hall–Kier alpha value is -0.970. The second kappa shape index (κ2) is 10.9. The van der Waals surface area contributed by atoms with Crippen LogP contribution in [0.25, 0.3) is 0 Å². The monoisotopic (exact) mass is 428 g/mol. The molecule has 0 aromatic rings. The molecule has 0 radical (unpaired) electrons. The molecule has 2 heterocycles. The average molecular weight is 428 g/mol. The molecule has 0 amide bonds. The lowest BCUT2D eigenvalue weighted by molar-refractivity contribution is -0.318. The molecule has 0 bridgehead atoms. The maximum Gasteiger partial charge on any atom is 0.329 e. The van der Waals surface area contributed by atoms with Crippen molar-refractivity contribution in [2.45, 2.75) is 68.3 Å². The van der Waals surface area contributed by atoms with Gasteiger partial charge < -0.3 is 59.4 Å². The number of carboxylic acid groups (broad SMARTS) is 1. The van der Waals surface area contributed by atoms with Crippen molar-refractivity contribution in [2.75, 3.05) is 26.4 Å². The summed E-state index contributed by atoms with van der Waals surface area (Å²) in [5.74, 6) is -1.31. The molecule has 0 unspecified atom stereocenters. The number of hydrogen-bond acceptors (Lipinski definition) is 12. The van der Waals surface area contributed by atoms with Crippen LogP contribution in [-0.2, 0) is 28.5 Å². The summed E-state index contributed by atoms with van der Waals surface area (Å²) in [6.45, 7) is -0.276. The third kappa shape index (κ3) is 6.02. The molecule has 0 aliphatic carbocycles. The Morgan fingerprint density at radius 3 is 1.97 bits per heavy atom. The van der Waals surface area contributed by atoms with E-state index >= 15 is 0 Å². The van der Waals surface area contributed by atoms with Crippen molar-refractivity contribution in [3.8, 4) is 0 Å². The van der Waals surface area contributed by atoms with Crippen LogP contribution in [0.15, 0.2) is 0 Å². The highest BCUT2D eigenvalue weighted by Gasteiger charge is 2.46. The normalized spacial score (nSPS) is 43.3. The van der Waals surface area contributed by atoms with Gasteiger partial charge in [0.2, 0.25) is 0 Å². The average Bonchev–Trinajstić information content (AvgIpc) is 2.68. The van der Waals surface area contributed by atoms with Gasteiger partial charge in [-0.3, -0.25) is 0 Å². The number of ether oxygens (including phenoxy) is 5. The molecule has 2 aliphatic rings. The molecule has 2 aliphatic heterocycles. The minimum Gasteiger partial charge on any atom is -0.480 e. The van der Waals surface area contributed by atoms with Crippen LogP contribution < -0.4 is 0 Å². The zero-order chi connectivity index (χ0) is 21.7. The summed E-state index contributed by atoms with van der Waals surface area (Å²) in [5, 5.41) is 67.5. The smallest absolute Gasteiger partial charge is 0.329 e. The second-order valence-corrected chi connectivity index (χ2v) is 6.80. The van der Waals surface area contributed by atoms with Gasteiger partial charge in [0, 0.05) is 0 Å². The van der Waals surface area contributed by atoms with Crippen molar-refractivity contribution in [1.82, 2.24) is 0 Å². The van der Waals surface area contributed by atoms with E-state index in [4.69, 9.17) is 28.8 Å². The zero-order valence-electron chi connectivity index (χ0n) is 15.7. The van der Waals surface area contributed by atoms with Gasteiger partial charge in [-0.25, -0.2) is 4.79 Å². The molecular formula is C16H28O13. The fourth-order valence-corrected chi connectivity index (χ4v) is 3.03. The van der Waals surface area contributed by atoms with E-state index in [1.807, 2.05) is 0 Å². The van der Waals surface area contributed by atoms with E-state index in [-0.39, 0.29) is 13.2 Å². The van der Waals surface area contributed by atoms with E-state index in [0.29, 0.717) is 0 Å². The molecule has 7 N–H and O–H groups in total. The summed E-state index contributed by atoms with van der Waals surface area (Å²) in [6.07, 6.45) is -13.1. The van der Waals surface area contributed by atoms with Crippen LogP contribution in [0.5, 0.6) is 0 Å². The molecule has 170 valence electrons.